The summed E-state index contributed by atoms with van der Waals surface area (Å²) in [5, 5.41) is 19.5. The molecule has 0 radical (unpaired) electrons. The second kappa shape index (κ2) is 7.72. The summed E-state index contributed by atoms with van der Waals surface area (Å²) in [6.07, 6.45) is -0.340. The van der Waals surface area contributed by atoms with Crippen molar-refractivity contribution >= 4 is 23.0 Å². The summed E-state index contributed by atoms with van der Waals surface area (Å²) in [6, 6.07) is 14.3. The fourth-order valence-corrected chi connectivity index (χ4v) is 4.38. The highest BCUT2D eigenvalue weighted by Crippen LogP contribution is 2.32. The zero-order valence-corrected chi connectivity index (χ0v) is 16.7. The van der Waals surface area contributed by atoms with Crippen molar-refractivity contribution in [2.75, 3.05) is 26.2 Å². The van der Waals surface area contributed by atoms with Crippen molar-refractivity contribution in [3.63, 3.8) is 0 Å². The van der Waals surface area contributed by atoms with Gasteiger partial charge in [0.05, 0.1) is 11.6 Å². The topological polar surface area (TPSA) is 115 Å². The zero-order chi connectivity index (χ0) is 21.4. The minimum Gasteiger partial charge on any atom is -0.445 e. The maximum Gasteiger partial charge on any atom is 0.410 e. The van der Waals surface area contributed by atoms with E-state index < -0.39 is 0 Å². The number of ether oxygens (including phenoxy) is 1. The Balaban J connectivity index is 1.15. The van der Waals surface area contributed by atoms with E-state index in [0.29, 0.717) is 42.8 Å². The lowest BCUT2D eigenvalue weighted by Gasteiger charge is -2.21. The molecule has 3 aromatic rings. The molecule has 2 aliphatic rings. The third-order valence-electron chi connectivity index (χ3n) is 6.04. The highest BCUT2D eigenvalue weighted by Gasteiger charge is 2.43. The monoisotopic (exact) mass is 416 g/mol. The minimum absolute atomic E-state index is 0.0192. The Bertz CT molecular complexity index is 1170. The zero-order valence-electron chi connectivity index (χ0n) is 16.7. The smallest absolute Gasteiger partial charge is 0.410 e. The highest BCUT2D eigenvalue weighted by atomic mass is 16.6. The van der Waals surface area contributed by atoms with Gasteiger partial charge in [-0.3, -0.25) is 4.79 Å². The number of nitrogens with zero attached hydrogens (tertiary/aromatic N) is 5. The fraction of sp³-hybridized carbons (Fsp3) is 0.318. The SMILES string of the molecule is N#Cc1ccc(COC(=O)N2C[C@@H]3CN(C(=O)c4ccc5n[nH]nc5c4)C[C@H]3C2)cc1. The van der Waals surface area contributed by atoms with Crippen molar-refractivity contribution in [1.29, 1.82) is 5.26 Å². The highest BCUT2D eigenvalue weighted by molar-refractivity contribution is 5.97. The van der Waals surface area contributed by atoms with Gasteiger partial charge in [-0.1, -0.05) is 12.1 Å². The average molecular weight is 416 g/mol. The molecule has 9 heteroatoms. The second-order valence-electron chi connectivity index (χ2n) is 8.03. The van der Waals surface area contributed by atoms with Gasteiger partial charge in [0.25, 0.3) is 5.91 Å². The van der Waals surface area contributed by atoms with Crippen LogP contribution in [0.2, 0.25) is 0 Å². The molecule has 1 N–H and O–H groups in total. The number of rotatable bonds is 3. The summed E-state index contributed by atoms with van der Waals surface area (Å²) in [5.74, 6) is 0.485. The van der Waals surface area contributed by atoms with E-state index in [4.69, 9.17) is 10.00 Å². The molecule has 1 aromatic heterocycles. The van der Waals surface area contributed by atoms with Crippen LogP contribution in [-0.2, 0) is 11.3 Å². The van der Waals surface area contributed by atoms with E-state index >= 15 is 0 Å². The molecule has 2 aromatic carbocycles. The van der Waals surface area contributed by atoms with Gasteiger partial charge in [0, 0.05) is 43.6 Å². The van der Waals surface area contributed by atoms with Crippen LogP contribution in [0.4, 0.5) is 4.79 Å². The molecular weight excluding hydrogens is 396 g/mol. The Morgan fingerprint density at radius 3 is 2.39 bits per heavy atom. The lowest BCUT2D eigenvalue weighted by atomic mass is 10.0. The van der Waals surface area contributed by atoms with Crippen LogP contribution >= 0.6 is 0 Å². The van der Waals surface area contributed by atoms with Crippen molar-refractivity contribution in [2.45, 2.75) is 6.61 Å². The molecule has 5 rings (SSSR count). The van der Waals surface area contributed by atoms with Crippen LogP contribution in [0.5, 0.6) is 0 Å². The van der Waals surface area contributed by atoms with Gasteiger partial charge in [0.2, 0.25) is 0 Å². The van der Waals surface area contributed by atoms with Crippen LogP contribution in [0.1, 0.15) is 21.5 Å². The summed E-state index contributed by atoms with van der Waals surface area (Å²) in [7, 11) is 0. The van der Waals surface area contributed by atoms with Gasteiger partial charge in [-0.05, 0) is 35.9 Å². The van der Waals surface area contributed by atoms with Gasteiger partial charge in [-0.25, -0.2) is 4.79 Å². The number of nitriles is 1. The third kappa shape index (κ3) is 3.68. The first kappa shape index (κ1) is 19.1. The molecule has 0 saturated carbocycles. The Hall–Kier alpha value is -3.93. The molecule has 2 aliphatic heterocycles. The normalized spacial score (nSPS) is 20.0. The number of nitrogens with one attached hydrogen (secondary N) is 1. The van der Waals surface area contributed by atoms with E-state index in [0.717, 1.165) is 11.1 Å². The van der Waals surface area contributed by atoms with Gasteiger partial charge in [0.15, 0.2) is 0 Å². The second-order valence-corrected chi connectivity index (χ2v) is 8.03. The number of aromatic nitrogens is 3. The Kier molecular flexibility index (Phi) is 4.75. The first-order valence-electron chi connectivity index (χ1n) is 10.1. The van der Waals surface area contributed by atoms with Crippen LogP contribution in [0.3, 0.4) is 0 Å². The molecule has 9 nitrogen and oxygen atoms in total. The fourth-order valence-electron chi connectivity index (χ4n) is 4.38. The molecule has 2 atom stereocenters. The first-order valence-corrected chi connectivity index (χ1v) is 10.1. The van der Waals surface area contributed by atoms with Crippen molar-refractivity contribution < 1.29 is 14.3 Å². The number of fused-ring (bicyclic) bond motifs is 2. The van der Waals surface area contributed by atoms with E-state index in [2.05, 4.69) is 21.5 Å². The Morgan fingerprint density at radius 1 is 1.00 bits per heavy atom. The minimum atomic E-state index is -0.340. The molecular formula is C22H20N6O3. The quantitative estimate of drug-likeness (QED) is 0.700. The van der Waals surface area contributed by atoms with Crippen LogP contribution < -0.4 is 0 Å². The molecule has 2 saturated heterocycles. The molecule has 2 amide bonds. The molecule has 31 heavy (non-hydrogen) atoms. The van der Waals surface area contributed by atoms with E-state index in [1.165, 1.54) is 0 Å². The summed E-state index contributed by atoms with van der Waals surface area (Å²) in [5.41, 5.74) is 3.40. The molecule has 0 bridgehead atoms. The van der Waals surface area contributed by atoms with E-state index in [9.17, 15) is 9.59 Å². The summed E-state index contributed by atoms with van der Waals surface area (Å²) in [6.45, 7) is 2.59. The van der Waals surface area contributed by atoms with Gasteiger partial charge in [-0.15, -0.1) is 0 Å². The standard InChI is InChI=1S/C22H20N6O3/c23-8-14-1-3-15(4-2-14)13-31-22(30)28-11-17-9-27(10-18(17)12-28)21(29)16-5-6-19-20(7-16)25-26-24-19/h1-7,17-18H,9-13H2,(H,24,25,26)/t17-,18-/m0/s1. The number of carbonyl (C=O) groups is 2. The number of carbonyl (C=O) groups excluding carboxylic acids is 2. The van der Waals surface area contributed by atoms with Crippen LogP contribution in [0.25, 0.3) is 11.0 Å². The Labute approximate surface area is 178 Å². The van der Waals surface area contributed by atoms with Crippen molar-refractivity contribution in [2.24, 2.45) is 11.8 Å². The van der Waals surface area contributed by atoms with Crippen LogP contribution in [0, 0.1) is 23.2 Å². The third-order valence-corrected chi connectivity index (χ3v) is 6.04. The maximum absolute atomic E-state index is 12.9. The molecule has 3 heterocycles. The van der Waals surface area contributed by atoms with Crippen molar-refractivity contribution in [3.05, 3.63) is 59.2 Å². The molecule has 0 unspecified atom stereocenters. The maximum atomic E-state index is 12.9. The number of aromatic amines is 1. The van der Waals surface area contributed by atoms with Gasteiger partial charge in [-0.2, -0.15) is 20.7 Å². The number of likely N-dealkylation sites (tertiary alicyclic amines) is 2. The average Bonchev–Trinajstić information content (AvgIpc) is 3.51. The van der Waals surface area contributed by atoms with Crippen molar-refractivity contribution in [3.8, 4) is 6.07 Å². The van der Waals surface area contributed by atoms with Crippen molar-refractivity contribution in [1.82, 2.24) is 25.2 Å². The lowest BCUT2D eigenvalue weighted by molar-refractivity contribution is 0.0764. The lowest BCUT2D eigenvalue weighted by Crippen LogP contribution is -2.35. The predicted molar refractivity (Wildman–Crippen MR) is 110 cm³/mol. The van der Waals surface area contributed by atoms with E-state index in [1.807, 2.05) is 4.90 Å². The number of hydrogen-bond donors (Lipinski definition) is 1. The molecule has 0 spiro atoms. The summed E-state index contributed by atoms with van der Waals surface area (Å²) in [4.78, 5) is 29.0. The predicted octanol–water partition coefficient (Wildman–Crippen LogP) is 2.17. The number of H-pyrrole nitrogens is 1. The Morgan fingerprint density at radius 2 is 1.68 bits per heavy atom. The van der Waals surface area contributed by atoms with Gasteiger partial charge in [0.1, 0.15) is 17.6 Å². The molecule has 0 aliphatic carbocycles. The largest absolute Gasteiger partial charge is 0.445 e. The summed E-state index contributed by atoms with van der Waals surface area (Å²) < 4.78 is 5.44. The van der Waals surface area contributed by atoms with Crippen LogP contribution in [0.15, 0.2) is 42.5 Å². The first-order chi connectivity index (χ1) is 15.1. The number of hydrogen-bond acceptors (Lipinski definition) is 6. The summed E-state index contributed by atoms with van der Waals surface area (Å²) >= 11 is 0. The number of amides is 2. The van der Waals surface area contributed by atoms with E-state index in [-0.39, 0.29) is 30.4 Å². The molecule has 2 fully saturated rings. The molecule has 156 valence electrons. The van der Waals surface area contributed by atoms with Gasteiger partial charge >= 0.3 is 6.09 Å². The van der Waals surface area contributed by atoms with Crippen LogP contribution in [-0.4, -0.2) is 63.4 Å². The number of benzene rings is 2. The van der Waals surface area contributed by atoms with Gasteiger partial charge < -0.3 is 14.5 Å². The van der Waals surface area contributed by atoms with E-state index in [1.54, 1.807) is 47.4 Å².